The largest absolute Gasteiger partial charge is 0.465 e. The first-order valence-electron chi connectivity index (χ1n) is 11.5. The minimum atomic E-state index is -4.46. The van der Waals surface area contributed by atoms with Crippen LogP contribution < -0.4 is 0 Å². The van der Waals surface area contributed by atoms with Gasteiger partial charge in [-0.3, -0.25) is 14.5 Å². The Balaban J connectivity index is 1.96. The van der Waals surface area contributed by atoms with Gasteiger partial charge in [-0.25, -0.2) is 8.42 Å². The second-order valence-corrected chi connectivity index (χ2v) is 12.2. The van der Waals surface area contributed by atoms with E-state index in [9.17, 15) is 18.0 Å². The summed E-state index contributed by atoms with van der Waals surface area (Å²) in [6, 6.07) is 17.3. The Bertz CT molecular complexity index is 1390. The summed E-state index contributed by atoms with van der Waals surface area (Å²) in [6.45, 7) is 1.58. The fraction of sp³-hybridized carbons (Fsp3) is 0.259. The number of carbonyl (C=O) groups is 2. The molecule has 1 saturated heterocycles. The molecule has 3 aromatic rings. The van der Waals surface area contributed by atoms with Gasteiger partial charge in [-0.05, 0) is 73.6 Å². The van der Waals surface area contributed by atoms with Crippen LogP contribution in [0.25, 0.3) is 0 Å². The molecule has 4 rings (SSSR count). The van der Waals surface area contributed by atoms with Gasteiger partial charge >= 0.3 is 5.97 Å². The van der Waals surface area contributed by atoms with Gasteiger partial charge in [0.25, 0.3) is 0 Å². The molecule has 0 saturated carbocycles. The molecule has 0 N–H and O–H groups in total. The Morgan fingerprint density at radius 1 is 0.757 bits per heavy atom. The average Bonchev–Trinajstić information content (AvgIpc) is 2.86. The van der Waals surface area contributed by atoms with E-state index in [0.29, 0.717) is 26.2 Å². The molecule has 1 aliphatic heterocycles. The Kier molecular flexibility index (Phi) is 8.31. The monoisotopic (exact) mass is 579 g/mol. The van der Waals surface area contributed by atoms with Crippen LogP contribution in [0.2, 0.25) is 15.1 Å². The van der Waals surface area contributed by atoms with Crippen LogP contribution >= 0.6 is 34.8 Å². The molecule has 0 aliphatic carbocycles. The Morgan fingerprint density at radius 3 is 1.59 bits per heavy atom. The highest BCUT2D eigenvalue weighted by Gasteiger charge is 2.58. The van der Waals surface area contributed by atoms with Crippen LogP contribution in [0.1, 0.15) is 40.5 Å². The SMILES string of the molecule is CCOC(=O)C1C(c2ccc(Cl)cc2)N(C)C(c2ccc(Cl)cc2)C(C(=O)c2ccc(Cl)cc2)S1(=O)=O. The number of carbonyl (C=O) groups excluding carboxylic acids is 2. The highest BCUT2D eigenvalue weighted by atomic mass is 35.5. The van der Waals surface area contributed by atoms with Crippen LogP contribution in [0.5, 0.6) is 0 Å². The molecule has 0 radical (unpaired) electrons. The van der Waals surface area contributed by atoms with E-state index >= 15 is 0 Å². The first-order chi connectivity index (χ1) is 17.6. The highest BCUT2D eigenvalue weighted by molar-refractivity contribution is 7.94. The Morgan fingerprint density at radius 2 is 1.16 bits per heavy atom. The van der Waals surface area contributed by atoms with Crippen LogP contribution in [-0.4, -0.2) is 49.2 Å². The fourth-order valence-electron chi connectivity index (χ4n) is 4.82. The summed E-state index contributed by atoms with van der Waals surface area (Å²) in [5.74, 6) is -1.56. The van der Waals surface area contributed by atoms with Gasteiger partial charge in [-0.2, -0.15) is 0 Å². The third-order valence-electron chi connectivity index (χ3n) is 6.49. The zero-order valence-corrected chi connectivity index (χ0v) is 23.1. The normalized spacial score (nSPS) is 23.4. The lowest BCUT2D eigenvalue weighted by molar-refractivity contribution is -0.144. The zero-order valence-electron chi connectivity index (χ0n) is 20.0. The lowest BCUT2D eigenvalue weighted by Crippen LogP contribution is -2.59. The summed E-state index contributed by atoms with van der Waals surface area (Å²) in [6.07, 6.45) is 0. The van der Waals surface area contributed by atoms with E-state index < -0.39 is 44.2 Å². The zero-order chi connectivity index (χ0) is 26.9. The summed E-state index contributed by atoms with van der Waals surface area (Å²) < 4.78 is 33.9. The van der Waals surface area contributed by atoms with Crippen LogP contribution in [-0.2, 0) is 19.4 Å². The van der Waals surface area contributed by atoms with Crippen molar-refractivity contribution in [2.24, 2.45) is 0 Å². The van der Waals surface area contributed by atoms with E-state index in [2.05, 4.69) is 0 Å². The molecule has 4 unspecified atom stereocenters. The minimum Gasteiger partial charge on any atom is -0.465 e. The molecule has 10 heteroatoms. The van der Waals surface area contributed by atoms with Crippen molar-refractivity contribution in [1.29, 1.82) is 0 Å². The molecule has 0 aromatic heterocycles. The second-order valence-electron chi connectivity index (χ2n) is 8.71. The van der Waals surface area contributed by atoms with Crippen molar-refractivity contribution < 1.29 is 22.7 Å². The van der Waals surface area contributed by atoms with Crippen LogP contribution in [0.15, 0.2) is 72.8 Å². The van der Waals surface area contributed by atoms with Crippen LogP contribution in [0, 0.1) is 0 Å². The molecular formula is C27H24Cl3NO5S. The van der Waals surface area contributed by atoms with Crippen molar-refractivity contribution >= 4 is 56.4 Å². The van der Waals surface area contributed by atoms with E-state index in [1.807, 2.05) is 0 Å². The summed E-state index contributed by atoms with van der Waals surface area (Å²) in [7, 11) is -2.76. The Labute approximate surface area is 231 Å². The van der Waals surface area contributed by atoms with E-state index in [0.717, 1.165) is 0 Å². The van der Waals surface area contributed by atoms with Gasteiger partial charge in [0.1, 0.15) is 5.25 Å². The predicted octanol–water partition coefficient (Wildman–Crippen LogP) is 5.97. The number of hydrogen-bond donors (Lipinski definition) is 0. The van der Waals surface area contributed by atoms with Gasteiger partial charge < -0.3 is 4.74 Å². The highest BCUT2D eigenvalue weighted by Crippen LogP contribution is 2.46. The number of hydrogen-bond acceptors (Lipinski definition) is 6. The number of Topliss-reactive ketones (excluding diaryl/α,β-unsaturated/α-hetero) is 1. The molecule has 4 atom stereocenters. The fourth-order valence-corrected chi connectivity index (χ4v) is 7.70. The summed E-state index contributed by atoms with van der Waals surface area (Å²) in [4.78, 5) is 28.9. The van der Waals surface area contributed by atoms with Gasteiger partial charge in [0.15, 0.2) is 20.9 Å². The van der Waals surface area contributed by atoms with Gasteiger partial charge in [-0.1, -0.05) is 59.1 Å². The number of ketones is 1. The summed E-state index contributed by atoms with van der Waals surface area (Å²) in [5, 5.41) is -1.92. The third kappa shape index (κ3) is 5.42. The molecule has 0 amide bonds. The van der Waals surface area contributed by atoms with Gasteiger partial charge in [0, 0.05) is 20.6 Å². The summed E-state index contributed by atoms with van der Waals surface area (Å²) >= 11 is 18.2. The lowest BCUT2D eigenvalue weighted by atomic mass is 9.91. The Hall–Kier alpha value is -2.42. The van der Waals surface area contributed by atoms with Crippen molar-refractivity contribution in [3.8, 4) is 0 Å². The standard InChI is InChI=1S/C27H24Cl3NO5S/c1-3-36-27(33)26-23(17-6-12-20(29)13-7-17)31(2)22(16-4-10-19(28)11-5-16)25(37(26,34)35)24(32)18-8-14-21(30)15-9-18/h4-15,22-23,25-26H,3H2,1-2H3. The molecule has 37 heavy (non-hydrogen) atoms. The quantitative estimate of drug-likeness (QED) is 0.264. The number of benzene rings is 3. The number of rotatable bonds is 6. The molecule has 194 valence electrons. The van der Waals surface area contributed by atoms with Crippen LogP contribution in [0.4, 0.5) is 0 Å². The number of nitrogens with zero attached hydrogens (tertiary/aromatic N) is 1. The predicted molar refractivity (Wildman–Crippen MR) is 145 cm³/mol. The maximum atomic E-state index is 14.3. The van der Waals surface area contributed by atoms with Crippen molar-refractivity contribution in [3.63, 3.8) is 0 Å². The number of halogens is 3. The minimum absolute atomic E-state index is 0.0156. The average molecular weight is 581 g/mol. The first kappa shape index (κ1) is 27.6. The molecule has 6 nitrogen and oxygen atoms in total. The van der Waals surface area contributed by atoms with Gasteiger partial charge in [-0.15, -0.1) is 0 Å². The van der Waals surface area contributed by atoms with E-state index in [-0.39, 0.29) is 12.2 Å². The number of sulfone groups is 1. The number of esters is 1. The molecule has 0 spiro atoms. The van der Waals surface area contributed by atoms with Crippen LogP contribution in [0.3, 0.4) is 0 Å². The molecule has 1 fully saturated rings. The topological polar surface area (TPSA) is 80.8 Å². The van der Waals surface area contributed by atoms with Gasteiger partial charge in [0.05, 0.1) is 18.7 Å². The van der Waals surface area contributed by atoms with Crippen molar-refractivity contribution in [1.82, 2.24) is 4.90 Å². The van der Waals surface area contributed by atoms with E-state index in [4.69, 9.17) is 39.5 Å². The smallest absolute Gasteiger partial charge is 0.326 e. The van der Waals surface area contributed by atoms with Crippen molar-refractivity contribution in [2.45, 2.75) is 29.5 Å². The molecule has 0 bridgehead atoms. The van der Waals surface area contributed by atoms with Gasteiger partial charge in [0.2, 0.25) is 0 Å². The summed E-state index contributed by atoms with van der Waals surface area (Å²) in [5.41, 5.74) is 1.27. The van der Waals surface area contributed by atoms with E-state index in [1.165, 1.54) is 24.3 Å². The molecule has 3 aromatic carbocycles. The van der Waals surface area contributed by atoms with E-state index in [1.54, 1.807) is 67.4 Å². The molecule has 1 heterocycles. The second kappa shape index (κ2) is 11.1. The lowest BCUT2D eigenvalue weighted by Gasteiger charge is -2.47. The third-order valence-corrected chi connectivity index (χ3v) is 9.58. The number of ether oxygens (including phenoxy) is 1. The van der Waals surface area contributed by atoms with Crippen molar-refractivity contribution in [3.05, 3.63) is 105 Å². The van der Waals surface area contributed by atoms with Crippen molar-refractivity contribution in [2.75, 3.05) is 13.7 Å². The molecule has 1 aliphatic rings. The first-order valence-corrected chi connectivity index (χ1v) is 14.2. The maximum Gasteiger partial charge on any atom is 0.326 e. The maximum absolute atomic E-state index is 14.3. The molecular weight excluding hydrogens is 557 g/mol.